The normalized spacial score (nSPS) is 32.0. The number of rotatable bonds is 3. The first-order valence-electron chi connectivity index (χ1n) is 7.78. The van der Waals surface area contributed by atoms with Crippen molar-refractivity contribution in [2.45, 2.75) is 53.0 Å². The van der Waals surface area contributed by atoms with E-state index in [4.69, 9.17) is 0 Å². The van der Waals surface area contributed by atoms with Crippen LogP contribution in [0.3, 0.4) is 0 Å². The molecule has 2 bridgehead atoms. The topological polar surface area (TPSA) is 71.1 Å². The Bertz CT molecular complexity index is 625. The van der Waals surface area contributed by atoms with Crippen LogP contribution in [0.15, 0.2) is 5.38 Å². The fourth-order valence-corrected chi connectivity index (χ4v) is 4.98. The fraction of sp³-hybridized carbons (Fsp3) is 0.688. The van der Waals surface area contributed by atoms with Crippen molar-refractivity contribution < 1.29 is 9.59 Å². The lowest BCUT2D eigenvalue weighted by Gasteiger charge is -2.39. The van der Waals surface area contributed by atoms with Crippen LogP contribution in [-0.4, -0.2) is 22.8 Å². The third-order valence-electron chi connectivity index (χ3n) is 6.12. The Morgan fingerprint density at radius 3 is 2.64 bits per heavy atom. The highest BCUT2D eigenvalue weighted by Crippen LogP contribution is 2.65. The highest BCUT2D eigenvalue weighted by molar-refractivity contribution is 7.14. The van der Waals surface area contributed by atoms with Crippen LogP contribution in [0.5, 0.6) is 0 Å². The van der Waals surface area contributed by atoms with Crippen molar-refractivity contribution in [2.24, 2.45) is 16.7 Å². The van der Waals surface area contributed by atoms with E-state index < -0.39 is 0 Å². The molecule has 1 heterocycles. The number of fused-ring (bicyclic) bond motifs is 2. The molecule has 0 aromatic carbocycles. The Labute approximate surface area is 134 Å². The highest BCUT2D eigenvalue weighted by atomic mass is 32.1. The second-order valence-electron chi connectivity index (χ2n) is 7.36. The molecule has 120 valence electrons. The molecular formula is C16H23N3O2S. The second-order valence-corrected chi connectivity index (χ2v) is 8.21. The molecule has 2 saturated carbocycles. The molecule has 3 atom stereocenters. The molecule has 3 rings (SSSR count). The lowest BCUT2D eigenvalue weighted by atomic mass is 9.69. The quantitative estimate of drug-likeness (QED) is 0.899. The van der Waals surface area contributed by atoms with Crippen LogP contribution in [0.25, 0.3) is 0 Å². The zero-order chi connectivity index (χ0) is 16.1. The number of anilines is 1. The van der Waals surface area contributed by atoms with Gasteiger partial charge in [-0.05, 0) is 36.0 Å². The molecule has 0 radical (unpaired) electrons. The molecule has 0 spiro atoms. The predicted octanol–water partition coefficient (Wildman–Crippen LogP) is 3.05. The summed E-state index contributed by atoms with van der Waals surface area (Å²) in [4.78, 5) is 27.7. The van der Waals surface area contributed by atoms with Crippen LogP contribution < -0.4 is 10.6 Å². The number of hydrogen-bond donors (Lipinski definition) is 2. The van der Waals surface area contributed by atoms with Crippen molar-refractivity contribution in [3.05, 3.63) is 11.1 Å². The zero-order valence-electron chi connectivity index (χ0n) is 13.5. The maximum absolute atomic E-state index is 12.4. The van der Waals surface area contributed by atoms with Gasteiger partial charge in [0.05, 0.1) is 0 Å². The summed E-state index contributed by atoms with van der Waals surface area (Å²) in [6.07, 6.45) is 3.49. The molecule has 2 N–H and O–H groups in total. The first kappa shape index (κ1) is 15.5. The molecule has 2 fully saturated rings. The second kappa shape index (κ2) is 5.05. The van der Waals surface area contributed by atoms with E-state index in [9.17, 15) is 9.59 Å². The summed E-state index contributed by atoms with van der Waals surface area (Å²) in [5.74, 6) is 0.374. The third-order valence-corrected chi connectivity index (χ3v) is 6.88. The molecule has 2 aliphatic rings. The van der Waals surface area contributed by atoms with Crippen LogP contribution in [0, 0.1) is 16.7 Å². The standard InChI is InChI=1S/C16H23N3O2S/c1-9(20)17-14-18-11(8-22-14)13(21)19-12-7-10-5-6-16(12,4)15(10,2)3/h8,10,12H,5-7H2,1-4H3,(H,19,21)(H,17,18,20)/t10-,12+,16-/m1/s1. The zero-order valence-corrected chi connectivity index (χ0v) is 14.3. The minimum atomic E-state index is -0.177. The van der Waals surface area contributed by atoms with Crippen molar-refractivity contribution in [2.75, 3.05) is 5.32 Å². The van der Waals surface area contributed by atoms with E-state index in [1.165, 1.54) is 31.1 Å². The van der Waals surface area contributed by atoms with Crippen LogP contribution in [0.4, 0.5) is 5.13 Å². The average molecular weight is 321 g/mol. The number of amides is 2. The molecule has 1 aromatic heterocycles. The number of nitrogens with zero attached hydrogens (tertiary/aromatic N) is 1. The lowest BCUT2D eigenvalue weighted by Crippen LogP contribution is -2.46. The summed E-state index contributed by atoms with van der Waals surface area (Å²) in [5, 5.41) is 7.96. The van der Waals surface area contributed by atoms with Crippen molar-refractivity contribution in [1.82, 2.24) is 10.3 Å². The predicted molar refractivity (Wildman–Crippen MR) is 86.9 cm³/mol. The summed E-state index contributed by atoms with van der Waals surface area (Å²) in [6.45, 7) is 8.39. The Kier molecular flexibility index (Phi) is 3.55. The van der Waals surface area contributed by atoms with Crippen molar-refractivity contribution in [1.29, 1.82) is 0 Å². The number of nitrogens with one attached hydrogen (secondary N) is 2. The van der Waals surface area contributed by atoms with Gasteiger partial charge in [0.25, 0.3) is 5.91 Å². The van der Waals surface area contributed by atoms with Gasteiger partial charge in [0.1, 0.15) is 5.69 Å². The Morgan fingerprint density at radius 2 is 2.09 bits per heavy atom. The Hall–Kier alpha value is -1.43. The molecule has 0 aliphatic heterocycles. The van der Waals surface area contributed by atoms with E-state index in [0.29, 0.717) is 16.7 Å². The van der Waals surface area contributed by atoms with Gasteiger partial charge in [-0.1, -0.05) is 20.8 Å². The number of hydrogen-bond acceptors (Lipinski definition) is 4. The van der Waals surface area contributed by atoms with E-state index >= 15 is 0 Å². The first-order chi connectivity index (χ1) is 10.2. The van der Waals surface area contributed by atoms with Crippen molar-refractivity contribution in [3.63, 3.8) is 0 Å². The molecule has 1 aromatic rings. The minimum absolute atomic E-state index is 0.137. The third kappa shape index (κ3) is 2.24. The summed E-state index contributed by atoms with van der Waals surface area (Å²) >= 11 is 1.27. The van der Waals surface area contributed by atoms with Crippen LogP contribution in [0.2, 0.25) is 0 Å². The highest BCUT2D eigenvalue weighted by Gasteiger charge is 2.61. The molecule has 2 aliphatic carbocycles. The SMILES string of the molecule is CC(=O)Nc1nc(C(=O)N[C@H]2C[C@H]3CC[C@@]2(C)C3(C)C)cs1. The van der Waals surface area contributed by atoms with Gasteiger partial charge in [-0.15, -0.1) is 11.3 Å². The van der Waals surface area contributed by atoms with Gasteiger partial charge in [0.2, 0.25) is 5.91 Å². The van der Waals surface area contributed by atoms with E-state index in [2.05, 4.69) is 36.4 Å². The maximum Gasteiger partial charge on any atom is 0.271 e. The van der Waals surface area contributed by atoms with E-state index in [1.807, 2.05) is 0 Å². The van der Waals surface area contributed by atoms with Crippen molar-refractivity contribution in [3.8, 4) is 0 Å². The number of aromatic nitrogens is 1. The van der Waals surface area contributed by atoms with Gasteiger partial charge >= 0.3 is 0 Å². The molecule has 22 heavy (non-hydrogen) atoms. The van der Waals surface area contributed by atoms with Crippen molar-refractivity contribution >= 4 is 28.3 Å². The first-order valence-corrected chi connectivity index (χ1v) is 8.66. The smallest absolute Gasteiger partial charge is 0.271 e. The molecule has 2 amide bonds. The maximum atomic E-state index is 12.4. The van der Waals surface area contributed by atoms with Gasteiger partial charge in [-0.2, -0.15) is 0 Å². The fourth-order valence-electron chi connectivity index (χ4n) is 4.24. The number of carbonyl (C=O) groups is 2. The monoisotopic (exact) mass is 321 g/mol. The van der Waals surface area contributed by atoms with E-state index in [-0.39, 0.29) is 28.7 Å². The Balaban J connectivity index is 1.70. The molecule has 5 nitrogen and oxygen atoms in total. The van der Waals surface area contributed by atoms with Gasteiger partial charge in [0.15, 0.2) is 5.13 Å². The van der Waals surface area contributed by atoms with E-state index in [1.54, 1.807) is 5.38 Å². The molecule has 0 saturated heterocycles. The Morgan fingerprint density at radius 1 is 1.36 bits per heavy atom. The molecule has 6 heteroatoms. The summed E-state index contributed by atoms with van der Waals surface area (Å²) in [5.41, 5.74) is 0.816. The van der Waals surface area contributed by atoms with Gasteiger partial charge in [-0.25, -0.2) is 4.98 Å². The van der Waals surface area contributed by atoms with Gasteiger partial charge in [0, 0.05) is 18.3 Å². The van der Waals surface area contributed by atoms with Crippen LogP contribution in [0.1, 0.15) is 57.4 Å². The number of carbonyl (C=O) groups excluding carboxylic acids is 2. The van der Waals surface area contributed by atoms with Gasteiger partial charge in [-0.3, -0.25) is 9.59 Å². The minimum Gasteiger partial charge on any atom is -0.347 e. The summed E-state index contributed by atoms with van der Waals surface area (Å²) in [6, 6.07) is 0.208. The molecular weight excluding hydrogens is 298 g/mol. The number of thiazole rings is 1. The van der Waals surface area contributed by atoms with Crippen LogP contribution >= 0.6 is 11.3 Å². The lowest BCUT2D eigenvalue weighted by molar-refractivity contribution is -0.114. The van der Waals surface area contributed by atoms with Crippen LogP contribution in [-0.2, 0) is 4.79 Å². The molecule has 0 unspecified atom stereocenters. The van der Waals surface area contributed by atoms with E-state index in [0.717, 1.165) is 6.42 Å². The average Bonchev–Trinajstić information content (AvgIpc) is 3.01. The van der Waals surface area contributed by atoms with Gasteiger partial charge < -0.3 is 10.6 Å². The largest absolute Gasteiger partial charge is 0.347 e. The summed E-state index contributed by atoms with van der Waals surface area (Å²) in [7, 11) is 0. The summed E-state index contributed by atoms with van der Waals surface area (Å²) < 4.78 is 0.